The number of carboxylic acid groups (broad SMARTS) is 1. The van der Waals surface area contributed by atoms with Crippen molar-refractivity contribution in [2.24, 2.45) is 0 Å². The molecule has 4 N–H and O–H groups in total. The number of hydrogen-bond donors (Lipinski definition) is 4. The van der Waals surface area contributed by atoms with Crippen LogP contribution in [0.1, 0.15) is 5.69 Å². The number of aliphatic hydroxyl groups excluding tert-OH is 1. The van der Waals surface area contributed by atoms with Crippen LogP contribution in [0.5, 0.6) is 0 Å². The zero-order valence-corrected chi connectivity index (χ0v) is 10.9. The van der Waals surface area contributed by atoms with E-state index in [0.29, 0.717) is 16.5 Å². The van der Waals surface area contributed by atoms with Crippen LogP contribution < -0.4 is 10.9 Å². The van der Waals surface area contributed by atoms with Crippen LogP contribution in [0.2, 0.25) is 0 Å². The summed E-state index contributed by atoms with van der Waals surface area (Å²) in [6, 6.07) is 5.28. The molecular weight excluding hydrogens is 278 g/mol. The summed E-state index contributed by atoms with van der Waals surface area (Å²) in [5.41, 5.74) is -0.0432. The maximum atomic E-state index is 11.8. The van der Waals surface area contributed by atoms with Gasteiger partial charge < -0.3 is 15.5 Å². The monoisotopic (exact) mass is 291 g/mol. The molecule has 0 saturated heterocycles. The summed E-state index contributed by atoms with van der Waals surface area (Å²) in [5, 5.41) is 26.8. The lowest BCUT2D eigenvalue weighted by Crippen LogP contribution is -2.44. The minimum Gasteiger partial charge on any atom is -0.480 e. The van der Waals surface area contributed by atoms with Crippen molar-refractivity contribution in [3.05, 3.63) is 40.3 Å². The van der Waals surface area contributed by atoms with E-state index in [2.05, 4.69) is 15.5 Å². The van der Waals surface area contributed by atoms with Crippen LogP contribution in [-0.4, -0.2) is 44.9 Å². The number of aromatic amines is 1. The summed E-state index contributed by atoms with van der Waals surface area (Å²) in [6.07, 6.45) is -0.207. The van der Waals surface area contributed by atoms with Crippen LogP contribution >= 0.6 is 0 Å². The first-order chi connectivity index (χ1) is 10.0. The first-order valence-electron chi connectivity index (χ1n) is 6.12. The summed E-state index contributed by atoms with van der Waals surface area (Å²) in [6.45, 7) is -0.707. The number of aliphatic carboxylic acids is 1. The van der Waals surface area contributed by atoms with Crippen molar-refractivity contribution in [3.63, 3.8) is 0 Å². The van der Waals surface area contributed by atoms with Crippen molar-refractivity contribution in [2.45, 2.75) is 12.5 Å². The van der Waals surface area contributed by atoms with Crippen LogP contribution in [0.15, 0.2) is 29.1 Å². The molecule has 8 nitrogen and oxygen atoms in total. The molecule has 1 aromatic heterocycles. The third-order valence-electron chi connectivity index (χ3n) is 2.92. The van der Waals surface area contributed by atoms with Gasteiger partial charge in [0.15, 0.2) is 0 Å². The zero-order chi connectivity index (χ0) is 15.4. The molecule has 1 atom stereocenters. The number of rotatable bonds is 5. The Hall–Kier alpha value is -2.74. The second kappa shape index (κ2) is 6.14. The minimum absolute atomic E-state index is 0.207. The van der Waals surface area contributed by atoms with Crippen LogP contribution in [0, 0.1) is 0 Å². The van der Waals surface area contributed by atoms with Crippen LogP contribution in [0.3, 0.4) is 0 Å². The number of hydrogen-bond acceptors (Lipinski definition) is 5. The van der Waals surface area contributed by atoms with Crippen molar-refractivity contribution in [1.29, 1.82) is 0 Å². The van der Waals surface area contributed by atoms with E-state index in [4.69, 9.17) is 10.2 Å². The van der Waals surface area contributed by atoms with Crippen LogP contribution in [0.25, 0.3) is 10.8 Å². The van der Waals surface area contributed by atoms with Crippen molar-refractivity contribution in [1.82, 2.24) is 15.5 Å². The largest absolute Gasteiger partial charge is 0.480 e. The molecule has 8 heteroatoms. The molecule has 21 heavy (non-hydrogen) atoms. The number of aliphatic hydroxyl groups is 1. The van der Waals surface area contributed by atoms with Gasteiger partial charge in [-0.3, -0.25) is 9.59 Å². The third-order valence-corrected chi connectivity index (χ3v) is 2.92. The maximum absolute atomic E-state index is 11.8. The number of aromatic nitrogens is 2. The molecule has 0 bridgehead atoms. The summed E-state index contributed by atoms with van der Waals surface area (Å²) >= 11 is 0. The number of carboxylic acids is 1. The van der Waals surface area contributed by atoms with Crippen molar-refractivity contribution in [2.75, 3.05) is 6.61 Å². The second-order valence-corrected chi connectivity index (χ2v) is 4.36. The van der Waals surface area contributed by atoms with Crippen molar-refractivity contribution in [3.8, 4) is 0 Å². The normalized spacial score (nSPS) is 12.0. The van der Waals surface area contributed by atoms with Gasteiger partial charge in [-0.25, -0.2) is 9.89 Å². The average Bonchev–Trinajstić information content (AvgIpc) is 2.47. The zero-order valence-electron chi connectivity index (χ0n) is 10.9. The van der Waals surface area contributed by atoms with Gasteiger partial charge in [0, 0.05) is 5.39 Å². The average molecular weight is 291 g/mol. The number of carbonyl (C=O) groups excluding carboxylic acids is 1. The van der Waals surface area contributed by atoms with E-state index >= 15 is 0 Å². The SMILES string of the molecule is O=C(Cc1n[nH]c(=O)c2ccccc12)NC(CO)C(=O)O. The van der Waals surface area contributed by atoms with Crippen LogP contribution in [0.4, 0.5) is 0 Å². The Balaban J connectivity index is 2.24. The van der Waals surface area contributed by atoms with E-state index in [1.54, 1.807) is 24.3 Å². The Labute approximate surface area is 118 Å². The highest BCUT2D eigenvalue weighted by molar-refractivity contribution is 5.90. The van der Waals surface area contributed by atoms with Gasteiger partial charge in [0.25, 0.3) is 5.56 Å². The topological polar surface area (TPSA) is 132 Å². The van der Waals surface area contributed by atoms with E-state index in [1.165, 1.54) is 0 Å². The van der Waals surface area contributed by atoms with Crippen LogP contribution in [-0.2, 0) is 16.0 Å². The predicted molar refractivity (Wildman–Crippen MR) is 72.7 cm³/mol. The number of amides is 1. The summed E-state index contributed by atoms with van der Waals surface area (Å²) in [5.74, 6) is -1.94. The molecule has 1 aromatic carbocycles. The van der Waals surface area contributed by atoms with E-state index in [9.17, 15) is 14.4 Å². The van der Waals surface area contributed by atoms with Gasteiger partial charge in [0.1, 0.15) is 6.04 Å². The number of benzene rings is 1. The molecule has 0 aliphatic carbocycles. The fourth-order valence-corrected chi connectivity index (χ4v) is 1.89. The van der Waals surface area contributed by atoms with Crippen molar-refractivity contribution >= 4 is 22.6 Å². The molecular formula is C13H13N3O5. The van der Waals surface area contributed by atoms with Crippen molar-refractivity contribution < 1.29 is 19.8 Å². The van der Waals surface area contributed by atoms with Gasteiger partial charge in [-0.1, -0.05) is 18.2 Å². The first-order valence-corrected chi connectivity index (χ1v) is 6.12. The Bertz CT molecular complexity index is 740. The molecule has 2 aromatic rings. The minimum atomic E-state index is -1.37. The number of nitrogens with zero attached hydrogens (tertiary/aromatic N) is 1. The van der Waals surface area contributed by atoms with E-state index < -0.39 is 24.5 Å². The molecule has 0 saturated carbocycles. The number of fused-ring (bicyclic) bond motifs is 1. The molecule has 2 rings (SSSR count). The van der Waals surface area contributed by atoms with E-state index in [-0.39, 0.29) is 12.0 Å². The van der Waals surface area contributed by atoms with Gasteiger partial charge in [-0.2, -0.15) is 5.10 Å². The van der Waals surface area contributed by atoms with Gasteiger partial charge >= 0.3 is 5.97 Å². The van der Waals surface area contributed by atoms with Gasteiger partial charge in [-0.05, 0) is 6.07 Å². The number of H-pyrrole nitrogens is 1. The lowest BCUT2D eigenvalue weighted by Gasteiger charge is -2.11. The van der Waals surface area contributed by atoms with Gasteiger partial charge in [0.05, 0.1) is 24.1 Å². The van der Waals surface area contributed by atoms with Gasteiger partial charge in [0.2, 0.25) is 5.91 Å². The molecule has 0 fully saturated rings. The quantitative estimate of drug-likeness (QED) is 0.560. The predicted octanol–water partition coefficient (Wildman–Crippen LogP) is -0.973. The lowest BCUT2D eigenvalue weighted by atomic mass is 10.1. The lowest BCUT2D eigenvalue weighted by molar-refractivity contribution is -0.142. The smallest absolute Gasteiger partial charge is 0.328 e. The summed E-state index contributed by atoms with van der Waals surface area (Å²) < 4.78 is 0. The van der Waals surface area contributed by atoms with Gasteiger partial charge in [-0.15, -0.1) is 0 Å². The summed E-state index contributed by atoms with van der Waals surface area (Å²) in [4.78, 5) is 34.1. The van der Waals surface area contributed by atoms with E-state index in [1.807, 2.05) is 0 Å². The number of nitrogens with one attached hydrogen (secondary N) is 2. The first kappa shape index (κ1) is 14.7. The molecule has 1 unspecified atom stereocenters. The molecule has 1 heterocycles. The fourth-order valence-electron chi connectivity index (χ4n) is 1.89. The Morgan fingerprint density at radius 1 is 1.29 bits per heavy atom. The Morgan fingerprint density at radius 3 is 2.57 bits per heavy atom. The highest BCUT2D eigenvalue weighted by Gasteiger charge is 2.19. The Kier molecular flexibility index (Phi) is 4.29. The molecule has 110 valence electrons. The third kappa shape index (κ3) is 3.23. The van der Waals surface area contributed by atoms with E-state index in [0.717, 1.165) is 0 Å². The molecule has 1 amide bonds. The standard InChI is InChI=1S/C13H13N3O5/c17-6-10(13(20)21)14-11(18)5-9-7-3-1-2-4-8(7)12(19)16-15-9/h1-4,10,17H,5-6H2,(H,14,18)(H,16,19)(H,20,21). The highest BCUT2D eigenvalue weighted by Crippen LogP contribution is 2.12. The molecule has 0 spiro atoms. The molecule has 0 aliphatic heterocycles. The summed E-state index contributed by atoms with van der Waals surface area (Å²) in [7, 11) is 0. The molecule has 0 radical (unpaired) electrons. The molecule has 0 aliphatic rings. The second-order valence-electron chi connectivity index (χ2n) is 4.36. The maximum Gasteiger partial charge on any atom is 0.328 e. The Morgan fingerprint density at radius 2 is 1.95 bits per heavy atom. The highest BCUT2D eigenvalue weighted by atomic mass is 16.4. The fraction of sp³-hybridized carbons (Fsp3) is 0.231. The number of carbonyl (C=O) groups is 2.